The maximum Gasteiger partial charge on any atom is 0.222 e. The first-order valence-corrected chi connectivity index (χ1v) is 7.97. The van der Waals surface area contributed by atoms with Gasteiger partial charge in [-0.2, -0.15) is 0 Å². The molecule has 0 bridgehead atoms. The van der Waals surface area contributed by atoms with E-state index in [1.165, 1.54) is 0 Å². The average Bonchev–Trinajstić information content (AvgIpc) is 2.43. The predicted molar refractivity (Wildman–Crippen MR) is 84.7 cm³/mol. The summed E-state index contributed by atoms with van der Waals surface area (Å²) in [6.07, 6.45) is 3.12. The molecule has 0 aliphatic carbocycles. The van der Waals surface area contributed by atoms with Crippen molar-refractivity contribution in [3.8, 4) is 0 Å². The van der Waals surface area contributed by atoms with Crippen molar-refractivity contribution >= 4 is 5.91 Å². The summed E-state index contributed by atoms with van der Waals surface area (Å²) in [4.78, 5) is 11.3. The Morgan fingerprint density at radius 2 is 1.75 bits per heavy atom. The van der Waals surface area contributed by atoms with E-state index in [0.717, 1.165) is 25.8 Å². The first-order chi connectivity index (χ1) is 9.47. The molecular weight excluding hydrogens is 254 g/mol. The molecule has 20 heavy (non-hydrogen) atoms. The SMILES string of the molecule is CC.CC(C)OCC(CO)CCCCNC(=O)C(C)C. The van der Waals surface area contributed by atoms with Crippen LogP contribution in [0.25, 0.3) is 0 Å². The molecule has 0 aromatic heterocycles. The molecule has 0 spiro atoms. The second-order valence-electron chi connectivity index (χ2n) is 5.37. The molecule has 1 atom stereocenters. The van der Waals surface area contributed by atoms with Crippen molar-refractivity contribution < 1.29 is 14.6 Å². The Labute approximate surface area is 125 Å². The van der Waals surface area contributed by atoms with Crippen LogP contribution < -0.4 is 5.32 Å². The largest absolute Gasteiger partial charge is 0.396 e. The zero-order valence-electron chi connectivity index (χ0n) is 14.2. The Morgan fingerprint density at radius 3 is 2.20 bits per heavy atom. The van der Waals surface area contributed by atoms with Crippen LogP contribution in [-0.2, 0) is 9.53 Å². The van der Waals surface area contributed by atoms with Crippen LogP contribution >= 0.6 is 0 Å². The molecular formula is C16H35NO3. The molecule has 0 radical (unpaired) electrons. The highest BCUT2D eigenvalue weighted by atomic mass is 16.5. The average molecular weight is 289 g/mol. The van der Waals surface area contributed by atoms with E-state index in [9.17, 15) is 9.90 Å². The molecule has 122 valence electrons. The lowest BCUT2D eigenvalue weighted by Gasteiger charge is -2.16. The van der Waals surface area contributed by atoms with E-state index in [4.69, 9.17) is 4.74 Å². The second kappa shape index (κ2) is 14.8. The predicted octanol–water partition coefficient (Wildman–Crippen LogP) is 2.99. The molecule has 2 N–H and O–H groups in total. The first-order valence-electron chi connectivity index (χ1n) is 7.97. The van der Waals surface area contributed by atoms with E-state index in [2.05, 4.69) is 5.32 Å². The third-order valence-corrected chi connectivity index (χ3v) is 2.79. The standard InChI is InChI=1S/C14H29NO3.C2H6/c1-11(2)14(17)15-8-6-5-7-13(9-16)10-18-12(3)4;1-2/h11-13,16H,5-10H2,1-4H3,(H,15,17);1-2H3. The number of ether oxygens (including phenoxy) is 1. The van der Waals surface area contributed by atoms with E-state index in [-0.39, 0.29) is 30.5 Å². The quantitative estimate of drug-likeness (QED) is 0.608. The van der Waals surface area contributed by atoms with Crippen molar-refractivity contribution in [2.75, 3.05) is 19.8 Å². The molecule has 4 heteroatoms. The van der Waals surface area contributed by atoms with Crippen LogP contribution in [0.15, 0.2) is 0 Å². The number of hydrogen-bond donors (Lipinski definition) is 2. The normalized spacial score (nSPS) is 12.1. The number of aliphatic hydroxyl groups is 1. The number of hydrogen-bond acceptors (Lipinski definition) is 3. The zero-order valence-corrected chi connectivity index (χ0v) is 14.2. The van der Waals surface area contributed by atoms with Crippen LogP contribution in [-0.4, -0.2) is 36.9 Å². The number of carbonyl (C=O) groups is 1. The highest BCUT2D eigenvalue weighted by Crippen LogP contribution is 2.09. The summed E-state index contributed by atoms with van der Waals surface area (Å²) in [6, 6.07) is 0. The molecule has 0 fully saturated rings. The van der Waals surface area contributed by atoms with Crippen molar-refractivity contribution in [2.24, 2.45) is 11.8 Å². The minimum absolute atomic E-state index is 0.0506. The van der Waals surface area contributed by atoms with Gasteiger partial charge in [-0.15, -0.1) is 0 Å². The van der Waals surface area contributed by atoms with Crippen LogP contribution in [0.1, 0.15) is 60.8 Å². The Morgan fingerprint density at radius 1 is 1.15 bits per heavy atom. The maximum absolute atomic E-state index is 11.3. The van der Waals surface area contributed by atoms with E-state index in [0.29, 0.717) is 6.61 Å². The van der Waals surface area contributed by atoms with E-state index in [1.54, 1.807) is 0 Å². The van der Waals surface area contributed by atoms with Gasteiger partial charge >= 0.3 is 0 Å². The molecule has 0 saturated heterocycles. The monoisotopic (exact) mass is 289 g/mol. The van der Waals surface area contributed by atoms with E-state index >= 15 is 0 Å². The zero-order chi connectivity index (χ0) is 16.0. The number of aliphatic hydroxyl groups excluding tert-OH is 1. The van der Waals surface area contributed by atoms with Crippen LogP contribution in [0.2, 0.25) is 0 Å². The van der Waals surface area contributed by atoms with Gasteiger partial charge in [0.15, 0.2) is 0 Å². The lowest BCUT2D eigenvalue weighted by Crippen LogP contribution is -2.28. The molecule has 1 amide bonds. The molecule has 0 heterocycles. The van der Waals surface area contributed by atoms with Crippen LogP contribution in [0, 0.1) is 11.8 Å². The van der Waals surface area contributed by atoms with Gasteiger partial charge in [-0.1, -0.05) is 34.1 Å². The number of unbranched alkanes of at least 4 members (excludes halogenated alkanes) is 1. The summed E-state index contributed by atoms with van der Waals surface area (Å²) < 4.78 is 5.49. The van der Waals surface area contributed by atoms with E-state index in [1.807, 2.05) is 41.5 Å². The Balaban J connectivity index is 0. The molecule has 0 rings (SSSR count). The summed E-state index contributed by atoms with van der Waals surface area (Å²) in [6.45, 7) is 13.3. The van der Waals surface area contributed by atoms with Crippen molar-refractivity contribution in [1.82, 2.24) is 5.32 Å². The van der Waals surface area contributed by atoms with Crippen molar-refractivity contribution in [3.63, 3.8) is 0 Å². The van der Waals surface area contributed by atoms with Crippen molar-refractivity contribution in [3.05, 3.63) is 0 Å². The Bertz CT molecular complexity index is 218. The maximum atomic E-state index is 11.3. The highest BCUT2D eigenvalue weighted by Gasteiger charge is 2.09. The molecule has 1 unspecified atom stereocenters. The summed E-state index contributed by atoms with van der Waals surface area (Å²) >= 11 is 0. The number of rotatable bonds is 10. The van der Waals surface area contributed by atoms with Gasteiger partial charge in [0.05, 0.1) is 12.7 Å². The first kappa shape index (κ1) is 21.7. The summed E-state index contributed by atoms with van der Waals surface area (Å²) in [5.74, 6) is 0.375. The minimum Gasteiger partial charge on any atom is -0.396 e. The summed E-state index contributed by atoms with van der Waals surface area (Å²) in [7, 11) is 0. The second-order valence-corrected chi connectivity index (χ2v) is 5.37. The molecule has 0 saturated carbocycles. The topological polar surface area (TPSA) is 58.6 Å². The molecule has 0 aliphatic heterocycles. The van der Waals surface area contributed by atoms with Gasteiger partial charge in [0.2, 0.25) is 5.91 Å². The number of carbonyl (C=O) groups excluding carboxylic acids is 1. The molecule has 4 nitrogen and oxygen atoms in total. The van der Waals surface area contributed by atoms with Gasteiger partial charge in [-0.3, -0.25) is 4.79 Å². The van der Waals surface area contributed by atoms with Crippen LogP contribution in [0.3, 0.4) is 0 Å². The smallest absolute Gasteiger partial charge is 0.222 e. The Hall–Kier alpha value is -0.610. The highest BCUT2D eigenvalue weighted by molar-refractivity contribution is 5.77. The third-order valence-electron chi connectivity index (χ3n) is 2.79. The molecule has 0 aliphatic rings. The summed E-state index contributed by atoms with van der Waals surface area (Å²) in [5, 5.41) is 12.1. The number of amides is 1. The van der Waals surface area contributed by atoms with Gasteiger partial charge in [0.25, 0.3) is 0 Å². The van der Waals surface area contributed by atoms with Crippen LogP contribution in [0.4, 0.5) is 0 Å². The van der Waals surface area contributed by atoms with Gasteiger partial charge in [-0.25, -0.2) is 0 Å². The third kappa shape index (κ3) is 13.8. The van der Waals surface area contributed by atoms with Gasteiger partial charge in [-0.05, 0) is 26.7 Å². The van der Waals surface area contributed by atoms with E-state index < -0.39 is 0 Å². The number of nitrogens with one attached hydrogen (secondary N) is 1. The lowest BCUT2D eigenvalue weighted by molar-refractivity contribution is -0.123. The van der Waals surface area contributed by atoms with Crippen molar-refractivity contribution in [1.29, 1.82) is 0 Å². The minimum atomic E-state index is 0.0506. The fourth-order valence-electron chi connectivity index (χ4n) is 1.53. The fourth-order valence-corrected chi connectivity index (χ4v) is 1.53. The van der Waals surface area contributed by atoms with Gasteiger partial charge in [0, 0.05) is 25.0 Å². The lowest BCUT2D eigenvalue weighted by atomic mass is 10.0. The molecule has 0 aromatic carbocycles. The Kier molecular flexibility index (Phi) is 16.0. The van der Waals surface area contributed by atoms with Crippen molar-refractivity contribution in [2.45, 2.75) is 66.9 Å². The fraction of sp³-hybridized carbons (Fsp3) is 0.938. The van der Waals surface area contributed by atoms with Crippen LogP contribution in [0.5, 0.6) is 0 Å². The van der Waals surface area contributed by atoms with Gasteiger partial charge in [0.1, 0.15) is 0 Å². The molecule has 0 aromatic rings. The van der Waals surface area contributed by atoms with Gasteiger partial charge < -0.3 is 15.2 Å². The summed E-state index contributed by atoms with van der Waals surface area (Å²) in [5.41, 5.74) is 0.